The Kier molecular flexibility index (Phi) is 19.4. The molecule has 0 atom stereocenters. The van der Waals surface area contributed by atoms with E-state index in [9.17, 15) is 0 Å². The number of benzene rings is 21. The van der Waals surface area contributed by atoms with E-state index in [1.165, 1.54) is 131 Å². The number of nitrogens with zero attached hydrogens (tertiary/aromatic N) is 10. The summed E-state index contributed by atoms with van der Waals surface area (Å²) in [6.07, 6.45) is 3.72. The molecule has 21 aromatic carbocycles. The minimum atomic E-state index is 0.881. The van der Waals surface area contributed by atoms with Crippen LogP contribution < -0.4 is 0 Å². The van der Waals surface area contributed by atoms with Crippen molar-refractivity contribution in [1.82, 2.24) is 46.8 Å². The smallest absolute Gasteiger partial charge is 0.220 e. The first kappa shape index (κ1) is 84.5. The number of aromatic nitrogens is 10. The van der Waals surface area contributed by atoms with Gasteiger partial charge >= 0.3 is 0 Å². The molecule has 0 saturated carbocycles. The number of rotatable bonds is 12. The molecule has 0 amide bonds. The second-order valence-corrected chi connectivity index (χ2v) is 38.5. The van der Waals surface area contributed by atoms with Gasteiger partial charge in [-0.15, -0.1) is 0 Å². The Morgan fingerprint density at radius 2 is 0.450 bits per heavy atom. The van der Waals surface area contributed by atoms with Gasteiger partial charge in [0.1, 0.15) is 22.3 Å². The number of fused-ring (bicyclic) bond motifs is 26. The highest BCUT2D eigenvalue weighted by Crippen LogP contribution is 2.47. The number of para-hydroxylation sites is 11. The summed E-state index contributed by atoms with van der Waals surface area (Å²) >= 11 is 0. The highest BCUT2D eigenvalue weighted by atomic mass is 16.3. The normalized spacial score (nSPS) is 11.9. The van der Waals surface area contributed by atoms with Gasteiger partial charge < -0.3 is 31.7 Å². The molecule has 11 aromatic heterocycles. The first-order valence-corrected chi connectivity index (χ1v) is 50.6. The maximum atomic E-state index is 6.41. The van der Waals surface area contributed by atoms with E-state index in [1.54, 1.807) is 0 Å². The molecule has 696 valence electrons. The van der Waals surface area contributed by atoms with Crippen LogP contribution in [0.5, 0.6) is 0 Å². The van der Waals surface area contributed by atoms with Crippen LogP contribution in [0.2, 0.25) is 0 Å². The van der Waals surface area contributed by atoms with Crippen LogP contribution in [0.4, 0.5) is 0 Å². The molecule has 0 aliphatic heterocycles. The Labute approximate surface area is 853 Å². The van der Waals surface area contributed by atoms with Crippen LogP contribution in [0, 0.1) is 0 Å². The third-order valence-corrected chi connectivity index (χ3v) is 30.2. The molecule has 0 aliphatic carbocycles. The van der Waals surface area contributed by atoms with Crippen LogP contribution in [0.25, 0.3) is 282 Å². The number of furan rings is 2. The van der Waals surface area contributed by atoms with Gasteiger partial charge in [-0.2, -0.15) is 0 Å². The fourth-order valence-corrected chi connectivity index (χ4v) is 23.6. The quantitative estimate of drug-likeness (QED) is 0.121. The first-order chi connectivity index (χ1) is 73.9. The van der Waals surface area contributed by atoms with Crippen LogP contribution in [0.15, 0.2) is 531 Å². The van der Waals surface area contributed by atoms with Crippen molar-refractivity contribution in [3.63, 3.8) is 0 Å². The number of hydrogen-bond donors (Lipinski definition) is 0. The van der Waals surface area contributed by atoms with Crippen molar-refractivity contribution in [3.05, 3.63) is 522 Å². The molecule has 0 saturated heterocycles. The Morgan fingerprint density at radius 3 is 0.866 bits per heavy atom. The van der Waals surface area contributed by atoms with Gasteiger partial charge in [-0.25, -0.2) is 4.98 Å². The molecule has 149 heavy (non-hydrogen) atoms. The SMILES string of the molecule is c1cc(-c2ccc3oc4ccc(-n5c6ccccc6c6ccccc65)cc4c3c2)cc(-c2ccc3oc4ccc(-n5c6ccccc6c6ccccc65)cc4c3c2)c1.c1ccc(-c2ccccc2-c2ccc3c(c2)c2ccccc2n3-c2cccc(-n3c4ccccc4c4cc(-c5ccccc5-c5ccccn5)ccc43)c2)nc1.c1ccc(-n2c3ccc(-n4c5ccccc5c5ccccc54)cc3n3c4ccccc4nc23)cc1. The third-order valence-electron chi connectivity index (χ3n) is 30.2. The summed E-state index contributed by atoms with van der Waals surface area (Å²) in [7, 11) is 0. The van der Waals surface area contributed by atoms with Gasteiger partial charge in [0.25, 0.3) is 0 Å². The lowest BCUT2D eigenvalue weighted by molar-refractivity contribution is 0.668. The van der Waals surface area contributed by atoms with Crippen molar-refractivity contribution in [3.8, 4) is 101 Å². The largest absolute Gasteiger partial charge is 0.456 e. The molecule has 0 spiro atoms. The highest BCUT2D eigenvalue weighted by molar-refractivity contribution is 6.17. The Balaban J connectivity index is 0.000000106. The van der Waals surface area contributed by atoms with Gasteiger partial charge in [-0.1, -0.05) is 285 Å². The summed E-state index contributed by atoms with van der Waals surface area (Å²) in [5.41, 5.74) is 39.9. The maximum absolute atomic E-state index is 6.41. The van der Waals surface area contributed by atoms with E-state index < -0.39 is 0 Å². The van der Waals surface area contributed by atoms with E-state index in [2.05, 4.69) is 521 Å². The Hall–Kier alpha value is -20.2. The van der Waals surface area contributed by atoms with Crippen molar-refractivity contribution >= 4 is 181 Å². The van der Waals surface area contributed by atoms with Crippen molar-refractivity contribution in [2.45, 2.75) is 0 Å². The second-order valence-electron chi connectivity index (χ2n) is 38.5. The van der Waals surface area contributed by atoms with Crippen LogP contribution in [-0.4, -0.2) is 46.8 Å². The zero-order valence-corrected chi connectivity index (χ0v) is 80.4. The number of pyridine rings is 2. The monoisotopic (exact) mass is 1900 g/mol. The molecule has 0 fully saturated rings. The predicted octanol–water partition coefficient (Wildman–Crippen LogP) is 35.9. The average molecular weight is 1900 g/mol. The van der Waals surface area contributed by atoms with Crippen LogP contribution in [-0.2, 0) is 0 Å². The second kappa shape index (κ2) is 34.3. The summed E-state index contributed by atoms with van der Waals surface area (Å²) in [5, 5.41) is 16.8. The van der Waals surface area contributed by atoms with Gasteiger partial charge in [-0.3, -0.25) is 18.9 Å². The van der Waals surface area contributed by atoms with Gasteiger partial charge in [0, 0.05) is 133 Å². The molecule has 0 bridgehead atoms. The predicted molar refractivity (Wildman–Crippen MR) is 617 cm³/mol. The summed E-state index contributed by atoms with van der Waals surface area (Å²) < 4.78 is 29.3. The molecule has 12 nitrogen and oxygen atoms in total. The standard InChI is InChI=1S/C54H32N2O2.C52H34N4.C31H20N4/c1-5-16-47-39(12-1)40-13-2-6-17-48(40)55(47)37-22-26-53-45(31-37)43-29-35(20-24-51(43)57-53)33-10-9-11-34(28-33)36-21-25-52-44(30-36)46-32-38(23-27-54(46)58-52)56-49-18-7-3-14-41(49)42-15-4-8-19-50(42)56;1-3-18-41(47-22-9-11-30-53-47)39(16-1)35-26-28-51-45(32-35)43-20-5-7-24-49(43)55(51)37-14-13-15-38(34-37)56-50-25-8-6-21-44(50)46-33-36(27-29-52(46)56)40-17-2-4-19-42(40)48-23-10-12-31-54-48;1-2-10-21(11-3-1)34-29-19-18-22(20-30(29)35-28-17-9-6-14-25(28)32-31(34)35)33-26-15-7-4-12-23(26)24-13-5-8-16-27(24)33/h1-32H;1-34H;1-20H. The molecule has 0 unspecified atom stereocenters. The van der Waals surface area contributed by atoms with E-state index in [0.717, 1.165) is 151 Å². The number of hydrogen-bond acceptors (Lipinski definition) is 5. The molecular weight excluding hydrogens is 1820 g/mol. The lowest BCUT2D eigenvalue weighted by atomic mass is 9.96. The molecule has 11 heterocycles. The van der Waals surface area contributed by atoms with Gasteiger partial charge in [0.2, 0.25) is 5.78 Å². The molecule has 32 aromatic rings. The lowest BCUT2D eigenvalue weighted by Crippen LogP contribution is -1.98. The molecule has 0 radical (unpaired) electrons. The highest BCUT2D eigenvalue weighted by Gasteiger charge is 2.26. The molecule has 12 heteroatoms. The molecular formula is C137H86N10O2. The average Bonchev–Trinajstić information content (AvgIpc) is 1.56. The minimum Gasteiger partial charge on any atom is -0.456 e. The topological polar surface area (TPSA) is 98.9 Å². The van der Waals surface area contributed by atoms with E-state index in [0.29, 0.717) is 0 Å². The van der Waals surface area contributed by atoms with Gasteiger partial charge in [-0.05, 0) is 269 Å². The third kappa shape index (κ3) is 13.7. The van der Waals surface area contributed by atoms with E-state index in [1.807, 2.05) is 42.7 Å². The van der Waals surface area contributed by atoms with Crippen molar-refractivity contribution < 1.29 is 8.83 Å². The zero-order chi connectivity index (χ0) is 97.8. The lowest BCUT2D eigenvalue weighted by Gasteiger charge is -2.14. The van der Waals surface area contributed by atoms with Crippen molar-refractivity contribution in [2.24, 2.45) is 0 Å². The fourth-order valence-electron chi connectivity index (χ4n) is 23.6. The summed E-state index contributed by atoms with van der Waals surface area (Å²) in [6, 6.07) is 182. The van der Waals surface area contributed by atoms with E-state index in [4.69, 9.17) is 13.8 Å². The fraction of sp³-hybridized carbons (Fsp3) is 0. The molecule has 0 aliphatic rings. The molecule has 0 N–H and O–H groups in total. The Morgan fingerprint density at radius 1 is 0.154 bits per heavy atom. The zero-order valence-electron chi connectivity index (χ0n) is 80.4. The maximum Gasteiger partial charge on any atom is 0.220 e. The van der Waals surface area contributed by atoms with E-state index in [-0.39, 0.29) is 0 Å². The summed E-state index contributed by atoms with van der Waals surface area (Å²) in [4.78, 5) is 14.4. The van der Waals surface area contributed by atoms with Gasteiger partial charge in [0.15, 0.2) is 0 Å². The van der Waals surface area contributed by atoms with Crippen molar-refractivity contribution in [1.29, 1.82) is 0 Å². The number of imidazole rings is 2. The summed E-state index contributed by atoms with van der Waals surface area (Å²) in [6.45, 7) is 0. The van der Waals surface area contributed by atoms with E-state index >= 15 is 0 Å². The Bertz CT molecular complexity index is 10400. The van der Waals surface area contributed by atoms with Crippen LogP contribution in [0.1, 0.15) is 0 Å². The summed E-state index contributed by atoms with van der Waals surface area (Å²) in [5.74, 6) is 0.923. The first-order valence-electron chi connectivity index (χ1n) is 50.6. The minimum absolute atomic E-state index is 0.881. The van der Waals surface area contributed by atoms with Crippen molar-refractivity contribution in [2.75, 3.05) is 0 Å². The van der Waals surface area contributed by atoms with Gasteiger partial charge in [0.05, 0.1) is 88.6 Å². The van der Waals surface area contributed by atoms with Crippen LogP contribution in [0.3, 0.4) is 0 Å². The molecule has 32 rings (SSSR count). The van der Waals surface area contributed by atoms with Crippen LogP contribution >= 0.6 is 0 Å².